The summed E-state index contributed by atoms with van der Waals surface area (Å²) in [6, 6.07) is 7.94. The van der Waals surface area contributed by atoms with Gasteiger partial charge < -0.3 is 11.1 Å². The Bertz CT molecular complexity index is 479. The van der Waals surface area contributed by atoms with Crippen molar-refractivity contribution in [2.45, 2.75) is 13.0 Å². The van der Waals surface area contributed by atoms with E-state index in [0.717, 1.165) is 18.7 Å². The van der Waals surface area contributed by atoms with Gasteiger partial charge in [-0.1, -0.05) is 6.07 Å². The van der Waals surface area contributed by atoms with Crippen LogP contribution in [0.25, 0.3) is 0 Å². The third-order valence-electron chi connectivity index (χ3n) is 2.43. The highest BCUT2D eigenvalue weighted by molar-refractivity contribution is 7.07. The van der Waals surface area contributed by atoms with Gasteiger partial charge in [-0.15, -0.1) is 0 Å². The van der Waals surface area contributed by atoms with Crippen LogP contribution in [0.4, 0.5) is 0 Å². The molecule has 0 fully saturated rings. The number of aromatic nitrogens is 1. The molecule has 0 spiro atoms. The first-order valence-corrected chi connectivity index (χ1v) is 6.73. The van der Waals surface area contributed by atoms with Crippen LogP contribution in [0.2, 0.25) is 0 Å². The van der Waals surface area contributed by atoms with E-state index in [9.17, 15) is 0 Å². The van der Waals surface area contributed by atoms with E-state index in [1.54, 1.807) is 17.5 Å². The fraction of sp³-hybridized carbons (Fsp3) is 0.231. The number of guanidine groups is 1. The highest BCUT2D eigenvalue weighted by Crippen LogP contribution is 2.06. The van der Waals surface area contributed by atoms with E-state index in [-0.39, 0.29) is 0 Å². The first-order chi connectivity index (χ1) is 8.84. The van der Waals surface area contributed by atoms with Crippen molar-refractivity contribution < 1.29 is 0 Å². The van der Waals surface area contributed by atoms with E-state index >= 15 is 0 Å². The predicted octanol–water partition coefficient (Wildman–Crippen LogP) is 1.79. The largest absolute Gasteiger partial charge is 0.370 e. The smallest absolute Gasteiger partial charge is 0.188 e. The van der Waals surface area contributed by atoms with Crippen molar-refractivity contribution in [2.75, 3.05) is 6.54 Å². The first kappa shape index (κ1) is 12.6. The Morgan fingerprint density at radius 1 is 1.39 bits per heavy atom. The molecule has 3 N–H and O–H groups in total. The third kappa shape index (κ3) is 4.18. The molecule has 2 rings (SSSR count). The van der Waals surface area contributed by atoms with E-state index in [0.29, 0.717) is 12.5 Å². The molecule has 94 valence electrons. The summed E-state index contributed by atoms with van der Waals surface area (Å²) in [4.78, 5) is 8.51. The summed E-state index contributed by atoms with van der Waals surface area (Å²) in [6.07, 6.45) is 2.64. The van der Waals surface area contributed by atoms with Gasteiger partial charge in [-0.05, 0) is 34.5 Å². The number of nitrogens with one attached hydrogen (secondary N) is 1. The van der Waals surface area contributed by atoms with E-state index in [1.807, 2.05) is 23.6 Å². The van der Waals surface area contributed by atoms with Crippen LogP contribution in [-0.2, 0) is 13.0 Å². The second-order valence-electron chi connectivity index (χ2n) is 3.83. The molecule has 0 aliphatic heterocycles. The fourth-order valence-corrected chi connectivity index (χ4v) is 2.14. The van der Waals surface area contributed by atoms with Crippen LogP contribution in [0.5, 0.6) is 0 Å². The van der Waals surface area contributed by atoms with Crippen LogP contribution in [-0.4, -0.2) is 17.5 Å². The number of nitrogens with zero attached hydrogens (tertiary/aromatic N) is 2. The van der Waals surface area contributed by atoms with Crippen LogP contribution in [0.15, 0.2) is 46.2 Å². The molecule has 0 amide bonds. The topological polar surface area (TPSA) is 63.3 Å². The quantitative estimate of drug-likeness (QED) is 0.636. The van der Waals surface area contributed by atoms with Gasteiger partial charge in [0.25, 0.3) is 0 Å². The van der Waals surface area contributed by atoms with Gasteiger partial charge in [0.2, 0.25) is 0 Å². The molecule has 5 heteroatoms. The number of pyridine rings is 1. The Balaban J connectivity index is 1.71. The highest BCUT2D eigenvalue weighted by Gasteiger charge is 1.95. The Morgan fingerprint density at radius 2 is 2.33 bits per heavy atom. The highest BCUT2D eigenvalue weighted by atomic mass is 32.1. The van der Waals surface area contributed by atoms with Crippen molar-refractivity contribution >= 4 is 17.3 Å². The van der Waals surface area contributed by atoms with E-state index in [1.165, 1.54) is 5.56 Å². The zero-order chi connectivity index (χ0) is 12.6. The molecule has 4 nitrogen and oxygen atoms in total. The van der Waals surface area contributed by atoms with Gasteiger partial charge in [-0.3, -0.25) is 4.98 Å². The van der Waals surface area contributed by atoms with Crippen molar-refractivity contribution in [3.05, 3.63) is 52.5 Å². The summed E-state index contributed by atoms with van der Waals surface area (Å²) < 4.78 is 0. The van der Waals surface area contributed by atoms with E-state index in [2.05, 4.69) is 26.7 Å². The Morgan fingerprint density at radius 3 is 3.06 bits per heavy atom. The zero-order valence-corrected chi connectivity index (χ0v) is 10.9. The minimum atomic E-state index is 0.483. The van der Waals surface area contributed by atoms with Gasteiger partial charge in [0.15, 0.2) is 5.96 Å². The molecule has 0 saturated heterocycles. The van der Waals surface area contributed by atoms with Crippen molar-refractivity contribution in [3.63, 3.8) is 0 Å². The lowest BCUT2D eigenvalue weighted by atomic mass is 10.3. The molecule has 0 unspecified atom stereocenters. The summed E-state index contributed by atoms with van der Waals surface area (Å²) >= 11 is 1.67. The van der Waals surface area contributed by atoms with Gasteiger partial charge in [-0.25, -0.2) is 4.99 Å². The summed E-state index contributed by atoms with van der Waals surface area (Å²) in [6.45, 7) is 1.38. The number of aliphatic imine (C=N–C) groups is 1. The molecule has 0 bridgehead atoms. The molecule has 0 aliphatic carbocycles. The lowest BCUT2D eigenvalue weighted by Crippen LogP contribution is -2.33. The van der Waals surface area contributed by atoms with Gasteiger partial charge in [0.1, 0.15) is 0 Å². The summed E-state index contributed by atoms with van der Waals surface area (Å²) in [5, 5.41) is 7.20. The molecule has 2 aromatic heterocycles. The maximum absolute atomic E-state index is 5.78. The average molecular weight is 260 g/mol. The Kier molecular flexibility index (Phi) is 4.72. The summed E-state index contributed by atoms with van der Waals surface area (Å²) in [5.74, 6) is 0.483. The van der Waals surface area contributed by atoms with Gasteiger partial charge in [0.05, 0.1) is 6.54 Å². The molecular weight excluding hydrogens is 244 g/mol. The van der Waals surface area contributed by atoms with Gasteiger partial charge in [-0.2, -0.15) is 11.3 Å². The Hall–Kier alpha value is -1.88. The first-order valence-electron chi connectivity index (χ1n) is 5.79. The molecule has 0 radical (unpaired) electrons. The van der Waals surface area contributed by atoms with Crippen LogP contribution in [0, 0.1) is 0 Å². The summed E-state index contributed by atoms with van der Waals surface area (Å²) in [5.41, 5.74) is 8.02. The van der Waals surface area contributed by atoms with Crippen molar-refractivity contribution in [1.82, 2.24) is 10.3 Å². The van der Waals surface area contributed by atoms with Crippen LogP contribution >= 0.6 is 11.3 Å². The molecule has 0 aromatic carbocycles. The number of thiophene rings is 1. The van der Waals surface area contributed by atoms with E-state index in [4.69, 9.17) is 5.73 Å². The molecule has 18 heavy (non-hydrogen) atoms. The summed E-state index contributed by atoms with van der Waals surface area (Å²) in [7, 11) is 0. The van der Waals surface area contributed by atoms with Crippen LogP contribution in [0.3, 0.4) is 0 Å². The number of nitrogens with two attached hydrogens (primary N) is 1. The standard InChI is InChI=1S/C13H16N4S/c14-13(17-9-11-5-8-18-10-11)16-7-4-12-3-1-2-6-15-12/h1-3,5-6,8,10H,4,7,9H2,(H3,14,16,17). The lowest BCUT2D eigenvalue weighted by molar-refractivity contribution is 0.828. The maximum atomic E-state index is 5.78. The molecule has 2 heterocycles. The molecule has 2 aromatic rings. The minimum absolute atomic E-state index is 0.483. The SMILES string of the molecule is NC(=NCc1ccsc1)NCCc1ccccn1. The van der Waals surface area contributed by atoms with E-state index < -0.39 is 0 Å². The monoisotopic (exact) mass is 260 g/mol. The predicted molar refractivity (Wildman–Crippen MR) is 75.6 cm³/mol. The molecular formula is C13H16N4S. The lowest BCUT2D eigenvalue weighted by Gasteiger charge is -2.04. The minimum Gasteiger partial charge on any atom is -0.370 e. The van der Waals surface area contributed by atoms with Crippen LogP contribution in [0.1, 0.15) is 11.3 Å². The number of hydrogen-bond donors (Lipinski definition) is 2. The van der Waals surface area contributed by atoms with Crippen molar-refractivity contribution in [3.8, 4) is 0 Å². The molecule has 0 saturated carbocycles. The second kappa shape index (κ2) is 6.76. The normalized spacial score (nSPS) is 11.4. The maximum Gasteiger partial charge on any atom is 0.188 e. The fourth-order valence-electron chi connectivity index (χ4n) is 1.48. The van der Waals surface area contributed by atoms with Crippen molar-refractivity contribution in [1.29, 1.82) is 0 Å². The van der Waals surface area contributed by atoms with Crippen molar-refractivity contribution in [2.24, 2.45) is 10.7 Å². The third-order valence-corrected chi connectivity index (χ3v) is 3.16. The average Bonchev–Trinajstić information content (AvgIpc) is 2.91. The molecule has 0 aliphatic rings. The second-order valence-corrected chi connectivity index (χ2v) is 4.61. The Labute approximate surface area is 111 Å². The van der Waals surface area contributed by atoms with Crippen LogP contribution < -0.4 is 11.1 Å². The number of hydrogen-bond acceptors (Lipinski definition) is 3. The zero-order valence-electron chi connectivity index (χ0n) is 10.0. The number of rotatable bonds is 5. The van der Waals surface area contributed by atoms with Gasteiger partial charge >= 0.3 is 0 Å². The van der Waals surface area contributed by atoms with Gasteiger partial charge in [0, 0.05) is 24.9 Å². The molecule has 0 atom stereocenters.